The molecule has 0 aliphatic heterocycles. The van der Waals surface area contributed by atoms with Crippen LogP contribution in [-0.4, -0.2) is 46.7 Å². The normalized spacial score (nSPS) is 11.4. The topological polar surface area (TPSA) is 87.0 Å². The highest BCUT2D eigenvalue weighted by Crippen LogP contribution is 2.26. The van der Waals surface area contributed by atoms with Crippen molar-refractivity contribution in [2.45, 2.75) is 23.4 Å². The predicted octanol–water partition coefficient (Wildman–Crippen LogP) is 3.02. The Morgan fingerprint density at radius 3 is 2.59 bits per heavy atom. The first-order valence-electron chi connectivity index (χ1n) is 8.53. The maximum Gasteiger partial charge on any atom is 0.214 e. The van der Waals surface area contributed by atoms with Gasteiger partial charge in [-0.2, -0.15) is 4.68 Å². The first kappa shape index (κ1) is 19.4. The fourth-order valence-electron chi connectivity index (χ4n) is 2.49. The van der Waals surface area contributed by atoms with Gasteiger partial charge in [-0.3, -0.25) is 0 Å². The number of aromatic nitrogens is 4. The fourth-order valence-corrected chi connectivity index (χ4v) is 4.83. The van der Waals surface area contributed by atoms with Crippen LogP contribution in [0, 0.1) is 0 Å². The minimum atomic E-state index is -3.27. The number of tetrazole rings is 1. The van der Waals surface area contributed by atoms with Crippen LogP contribution in [0.25, 0.3) is 5.69 Å². The molecule has 0 amide bonds. The Morgan fingerprint density at radius 1 is 1.07 bits per heavy atom. The lowest BCUT2D eigenvalue weighted by Gasteiger charge is -2.10. The maximum atomic E-state index is 12.3. The first-order chi connectivity index (χ1) is 13.1. The molecule has 0 N–H and O–H groups in total. The average Bonchev–Trinajstić information content (AvgIpc) is 3.15. The van der Waals surface area contributed by atoms with Crippen molar-refractivity contribution in [2.24, 2.45) is 0 Å². The summed E-state index contributed by atoms with van der Waals surface area (Å²) in [4.78, 5) is 0.352. The van der Waals surface area contributed by atoms with Gasteiger partial charge in [0, 0.05) is 5.75 Å². The molecular weight excluding hydrogens is 384 g/mol. The highest BCUT2D eigenvalue weighted by atomic mass is 32.2. The molecule has 0 spiro atoms. The predicted molar refractivity (Wildman–Crippen MR) is 104 cm³/mol. The van der Waals surface area contributed by atoms with Crippen LogP contribution in [0.1, 0.15) is 13.3 Å². The first-order valence-corrected chi connectivity index (χ1v) is 11.2. The van der Waals surface area contributed by atoms with Gasteiger partial charge in [0.1, 0.15) is 11.4 Å². The summed E-state index contributed by atoms with van der Waals surface area (Å²) in [6.45, 7) is 2.46. The van der Waals surface area contributed by atoms with E-state index in [1.54, 1.807) is 35.0 Å². The van der Waals surface area contributed by atoms with Gasteiger partial charge in [0.15, 0.2) is 9.84 Å². The molecule has 0 radical (unpaired) electrons. The Kier molecular flexibility index (Phi) is 6.46. The molecule has 0 saturated carbocycles. The average molecular weight is 405 g/mol. The van der Waals surface area contributed by atoms with Crippen molar-refractivity contribution in [3.8, 4) is 11.4 Å². The molecule has 1 aromatic heterocycles. The van der Waals surface area contributed by atoms with E-state index in [4.69, 9.17) is 4.74 Å². The summed E-state index contributed by atoms with van der Waals surface area (Å²) in [5.41, 5.74) is 0.753. The van der Waals surface area contributed by atoms with Gasteiger partial charge in [0.2, 0.25) is 5.16 Å². The van der Waals surface area contributed by atoms with Crippen molar-refractivity contribution in [1.29, 1.82) is 0 Å². The number of rotatable bonds is 9. The molecule has 27 heavy (non-hydrogen) atoms. The van der Waals surface area contributed by atoms with Gasteiger partial charge in [0.05, 0.1) is 17.3 Å². The third-order valence-electron chi connectivity index (χ3n) is 3.73. The lowest BCUT2D eigenvalue weighted by atomic mass is 10.3. The van der Waals surface area contributed by atoms with Crippen LogP contribution in [0.3, 0.4) is 0 Å². The summed E-state index contributed by atoms with van der Waals surface area (Å²) < 4.78 is 31.9. The summed E-state index contributed by atoms with van der Waals surface area (Å²) in [7, 11) is -3.27. The number of benzene rings is 2. The molecule has 0 saturated heterocycles. The molecule has 3 aromatic rings. The fraction of sp³-hybridized carbons (Fsp3) is 0.278. The van der Waals surface area contributed by atoms with Crippen LogP contribution in [0.2, 0.25) is 0 Å². The van der Waals surface area contributed by atoms with Gasteiger partial charge in [0.25, 0.3) is 0 Å². The number of para-hydroxylation sites is 2. The SMILES string of the molecule is CCOc1ccccc1-n1nnnc1SCCCS(=O)(=O)c1ccccc1. The molecule has 0 atom stereocenters. The number of hydrogen-bond donors (Lipinski definition) is 0. The number of nitrogens with zero attached hydrogens (tertiary/aromatic N) is 4. The third kappa shape index (κ3) is 4.86. The molecule has 2 aromatic carbocycles. The van der Waals surface area contributed by atoms with Crippen molar-refractivity contribution in [3.63, 3.8) is 0 Å². The van der Waals surface area contributed by atoms with Gasteiger partial charge in [-0.15, -0.1) is 5.10 Å². The summed E-state index contributed by atoms with van der Waals surface area (Å²) in [6.07, 6.45) is 0.502. The minimum absolute atomic E-state index is 0.0844. The Bertz CT molecular complexity index is 975. The van der Waals surface area contributed by atoms with E-state index in [1.165, 1.54) is 11.8 Å². The van der Waals surface area contributed by atoms with Crippen LogP contribution in [-0.2, 0) is 9.84 Å². The molecule has 142 valence electrons. The van der Waals surface area contributed by atoms with Crippen molar-refractivity contribution >= 4 is 21.6 Å². The van der Waals surface area contributed by atoms with E-state index >= 15 is 0 Å². The minimum Gasteiger partial charge on any atom is -0.492 e. The maximum absolute atomic E-state index is 12.3. The zero-order chi connectivity index (χ0) is 19.1. The molecule has 0 aliphatic rings. The molecule has 0 aliphatic carbocycles. The second-order valence-corrected chi connectivity index (χ2v) is 8.78. The van der Waals surface area contributed by atoms with Crippen molar-refractivity contribution in [2.75, 3.05) is 18.1 Å². The summed E-state index contributed by atoms with van der Waals surface area (Å²) >= 11 is 1.42. The van der Waals surface area contributed by atoms with Crippen LogP contribution < -0.4 is 4.74 Å². The molecule has 0 bridgehead atoms. The number of ether oxygens (including phenoxy) is 1. The van der Waals surface area contributed by atoms with E-state index in [2.05, 4.69) is 15.5 Å². The molecule has 0 fully saturated rings. The number of hydrogen-bond acceptors (Lipinski definition) is 7. The van der Waals surface area contributed by atoms with Crippen LogP contribution in [0.4, 0.5) is 0 Å². The molecule has 0 unspecified atom stereocenters. The molecular formula is C18H20N4O3S2. The Balaban J connectivity index is 1.63. The van der Waals surface area contributed by atoms with E-state index < -0.39 is 9.84 Å². The van der Waals surface area contributed by atoms with Crippen LogP contribution >= 0.6 is 11.8 Å². The largest absolute Gasteiger partial charge is 0.492 e. The van der Waals surface area contributed by atoms with E-state index in [0.29, 0.717) is 34.6 Å². The molecule has 3 rings (SSSR count). The molecule has 1 heterocycles. The quantitative estimate of drug-likeness (QED) is 0.400. The zero-order valence-corrected chi connectivity index (χ0v) is 16.5. The summed E-state index contributed by atoms with van der Waals surface area (Å²) in [5, 5.41) is 12.4. The number of thioether (sulfide) groups is 1. The van der Waals surface area contributed by atoms with Gasteiger partial charge in [-0.1, -0.05) is 42.1 Å². The van der Waals surface area contributed by atoms with E-state index in [-0.39, 0.29) is 5.75 Å². The lowest BCUT2D eigenvalue weighted by molar-refractivity contribution is 0.337. The van der Waals surface area contributed by atoms with Crippen molar-refractivity contribution in [1.82, 2.24) is 20.2 Å². The van der Waals surface area contributed by atoms with Gasteiger partial charge < -0.3 is 4.74 Å². The highest BCUT2D eigenvalue weighted by molar-refractivity contribution is 7.99. The highest BCUT2D eigenvalue weighted by Gasteiger charge is 2.16. The zero-order valence-electron chi connectivity index (χ0n) is 14.9. The van der Waals surface area contributed by atoms with Gasteiger partial charge in [-0.25, -0.2) is 8.42 Å². The Labute approximate surface area is 162 Å². The number of sulfone groups is 1. The van der Waals surface area contributed by atoms with E-state index in [9.17, 15) is 8.42 Å². The lowest BCUT2D eigenvalue weighted by Crippen LogP contribution is -2.08. The van der Waals surface area contributed by atoms with Gasteiger partial charge in [-0.05, 0) is 48.0 Å². The monoisotopic (exact) mass is 404 g/mol. The summed E-state index contributed by atoms with van der Waals surface area (Å²) in [5.74, 6) is 1.37. The van der Waals surface area contributed by atoms with Crippen molar-refractivity contribution < 1.29 is 13.2 Å². The smallest absolute Gasteiger partial charge is 0.214 e. The van der Waals surface area contributed by atoms with Gasteiger partial charge >= 0.3 is 0 Å². The van der Waals surface area contributed by atoms with E-state index in [1.807, 2.05) is 31.2 Å². The van der Waals surface area contributed by atoms with Crippen molar-refractivity contribution in [3.05, 3.63) is 54.6 Å². The molecule has 7 nitrogen and oxygen atoms in total. The molecule has 9 heteroatoms. The van der Waals surface area contributed by atoms with Crippen LogP contribution in [0.15, 0.2) is 64.6 Å². The second kappa shape index (κ2) is 9.01. The summed E-state index contributed by atoms with van der Waals surface area (Å²) in [6, 6.07) is 16.0. The standard InChI is InChI=1S/C18H20N4O3S2/c1-2-25-17-12-7-6-11-16(17)22-18(19-20-21-22)26-13-8-14-27(23,24)15-9-4-3-5-10-15/h3-7,9-12H,2,8,13-14H2,1H3. The third-order valence-corrected chi connectivity index (χ3v) is 6.55. The van der Waals surface area contributed by atoms with Crippen LogP contribution in [0.5, 0.6) is 5.75 Å². The Morgan fingerprint density at radius 2 is 1.81 bits per heavy atom. The second-order valence-electron chi connectivity index (χ2n) is 5.61. The van der Waals surface area contributed by atoms with E-state index in [0.717, 1.165) is 5.69 Å². The Hall–Kier alpha value is -2.39.